The third-order valence-corrected chi connectivity index (χ3v) is 6.58. The Labute approximate surface area is 230 Å². The molecule has 1 rings (SSSR count). The number of hydrogen-bond acceptors (Lipinski definition) is 4. The lowest BCUT2D eigenvalue weighted by molar-refractivity contribution is -0.422. The molecule has 0 saturated heterocycles. The van der Waals surface area contributed by atoms with Gasteiger partial charge in [0.1, 0.15) is 0 Å². The minimum Gasteiger partial charge on any atom is -0.385 e. The van der Waals surface area contributed by atoms with Crippen molar-refractivity contribution in [3.05, 3.63) is 29.8 Å². The number of hydrogen-bond donors (Lipinski definition) is 2. The number of unbranched alkanes of at least 4 members (excludes halogenated alkanes) is 8. The molecule has 0 aliphatic rings. The summed E-state index contributed by atoms with van der Waals surface area (Å²) in [4.78, 5) is 11.7. The maximum Gasteiger partial charge on any atom is 0.460 e. The fourth-order valence-electron chi connectivity index (χ4n) is 3.67. The Balaban J connectivity index is 2.24. The Bertz CT molecular complexity index is 1080. The second kappa shape index (κ2) is 14.2. The van der Waals surface area contributed by atoms with E-state index < -0.39 is 58.6 Å². The fraction of sp³-hybridized carbons (Fsp3) is 0.708. The second-order valence-electron chi connectivity index (χ2n) is 9.56. The molecule has 0 bridgehead atoms. The first-order chi connectivity index (χ1) is 18.6. The van der Waals surface area contributed by atoms with E-state index in [4.69, 9.17) is 0 Å². The predicted octanol–water partition coefficient (Wildman–Crippen LogP) is 7.79. The average molecular weight is 637 g/mol. The monoisotopic (exact) mass is 636 g/mol. The first kappa shape index (κ1) is 36.7. The summed E-state index contributed by atoms with van der Waals surface area (Å²) in [6, 6.07) is 6.13. The summed E-state index contributed by atoms with van der Waals surface area (Å²) in [7, 11) is -3.68. The SMILES string of the molecule is CS(=O)(=O)NC(=O)c1ccc(NCCCCCCCCCCCC(F)(F)C(F)(F)C(F)(F)C(F)(F)C(F)(F)F)cc1. The van der Waals surface area contributed by atoms with Crippen LogP contribution < -0.4 is 10.0 Å². The lowest BCUT2D eigenvalue weighted by atomic mass is 9.94. The Morgan fingerprint density at radius 2 is 1.10 bits per heavy atom. The van der Waals surface area contributed by atoms with E-state index in [0.29, 0.717) is 25.1 Å². The van der Waals surface area contributed by atoms with Crippen molar-refractivity contribution in [3.8, 4) is 0 Å². The van der Waals surface area contributed by atoms with Crippen molar-refractivity contribution in [2.45, 2.75) is 94.1 Å². The Hall–Kier alpha value is -2.33. The number of rotatable bonds is 18. The van der Waals surface area contributed by atoms with E-state index in [9.17, 15) is 61.5 Å². The quantitative estimate of drug-likeness (QED) is 0.127. The molecule has 0 spiro atoms. The molecule has 0 fully saturated rings. The maximum atomic E-state index is 13.6. The molecule has 0 unspecified atom stereocenters. The summed E-state index contributed by atoms with van der Waals surface area (Å²) in [5, 5.41) is 3.12. The molecule has 2 N–H and O–H groups in total. The zero-order valence-electron chi connectivity index (χ0n) is 21.9. The number of halogens is 11. The number of amides is 1. The van der Waals surface area contributed by atoms with Gasteiger partial charge >= 0.3 is 29.9 Å². The molecular weight excluding hydrogens is 605 g/mol. The predicted molar refractivity (Wildman–Crippen MR) is 129 cm³/mol. The van der Waals surface area contributed by atoms with Gasteiger partial charge in [0.05, 0.1) is 6.26 Å². The maximum absolute atomic E-state index is 13.6. The van der Waals surface area contributed by atoms with Crippen LogP contribution >= 0.6 is 0 Å². The van der Waals surface area contributed by atoms with Crippen molar-refractivity contribution < 1.29 is 61.5 Å². The summed E-state index contributed by atoms with van der Waals surface area (Å²) < 4.78 is 167. The Morgan fingerprint density at radius 1 is 0.659 bits per heavy atom. The van der Waals surface area contributed by atoms with Crippen LogP contribution in [0.2, 0.25) is 0 Å². The summed E-state index contributed by atoms with van der Waals surface area (Å²) >= 11 is 0. The molecule has 0 aliphatic heterocycles. The van der Waals surface area contributed by atoms with Crippen LogP contribution in [-0.4, -0.2) is 57.0 Å². The molecule has 17 heteroatoms. The van der Waals surface area contributed by atoms with Gasteiger partial charge in [-0.3, -0.25) is 4.79 Å². The van der Waals surface area contributed by atoms with Crippen LogP contribution in [0.25, 0.3) is 0 Å². The fourth-order valence-corrected chi connectivity index (χ4v) is 4.13. The topological polar surface area (TPSA) is 75.3 Å². The number of alkyl halides is 11. The van der Waals surface area contributed by atoms with Crippen molar-refractivity contribution in [1.82, 2.24) is 4.72 Å². The third kappa shape index (κ3) is 10.2. The van der Waals surface area contributed by atoms with Crippen LogP contribution in [0.15, 0.2) is 24.3 Å². The molecule has 1 aromatic carbocycles. The van der Waals surface area contributed by atoms with E-state index in [0.717, 1.165) is 31.9 Å². The molecule has 1 amide bonds. The van der Waals surface area contributed by atoms with Gasteiger partial charge in [-0.2, -0.15) is 48.3 Å². The first-order valence-corrected chi connectivity index (χ1v) is 14.4. The van der Waals surface area contributed by atoms with Crippen molar-refractivity contribution >= 4 is 21.6 Å². The van der Waals surface area contributed by atoms with Crippen LogP contribution in [0.3, 0.4) is 0 Å². The number of carbonyl (C=O) groups is 1. The average Bonchev–Trinajstić information content (AvgIpc) is 2.82. The lowest BCUT2D eigenvalue weighted by Crippen LogP contribution is -2.66. The molecule has 0 atom stereocenters. The van der Waals surface area contributed by atoms with Gasteiger partial charge in [-0.15, -0.1) is 0 Å². The summed E-state index contributed by atoms with van der Waals surface area (Å²) in [6.45, 7) is 0.599. The Morgan fingerprint density at radius 3 is 1.54 bits per heavy atom. The molecule has 0 aromatic heterocycles. The van der Waals surface area contributed by atoms with Gasteiger partial charge < -0.3 is 5.32 Å². The van der Waals surface area contributed by atoms with Crippen molar-refractivity contribution in [2.24, 2.45) is 0 Å². The molecular formula is C24H31F11N2O3S. The summed E-state index contributed by atoms with van der Waals surface area (Å²) in [5.41, 5.74) is 0.877. The molecule has 0 aliphatic carbocycles. The lowest BCUT2D eigenvalue weighted by Gasteiger charge is -2.37. The number of sulfonamides is 1. The highest BCUT2D eigenvalue weighted by molar-refractivity contribution is 7.89. The number of nitrogens with one attached hydrogen (secondary N) is 2. The number of carbonyl (C=O) groups excluding carboxylic acids is 1. The zero-order valence-corrected chi connectivity index (χ0v) is 22.7. The highest BCUT2D eigenvalue weighted by atomic mass is 32.2. The van der Waals surface area contributed by atoms with E-state index >= 15 is 0 Å². The Kier molecular flexibility index (Phi) is 12.7. The van der Waals surface area contributed by atoms with Crippen LogP contribution in [0.1, 0.15) is 74.6 Å². The van der Waals surface area contributed by atoms with Gasteiger partial charge in [0.25, 0.3) is 5.91 Å². The van der Waals surface area contributed by atoms with Gasteiger partial charge in [0.15, 0.2) is 0 Å². The number of anilines is 1. The van der Waals surface area contributed by atoms with Crippen LogP contribution in [-0.2, 0) is 10.0 Å². The molecule has 238 valence electrons. The zero-order chi connectivity index (χ0) is 31.8. The summed E-state index contributed by atoms with van der Waals surface area (Å²) in [6.07, 6.45) is -4.65. The van der Waals surface area contributed by atoms with Crippen molar-refractivity contribution in [1.29, 1.82) is 0 Å². The van der Waals surface area contributed by atoms with Crippen molar-refractivity contribution in [3.63, 3.8) is 0 Å². The molecule has 0 saturated carbocycles. The van der Waals surface area contributed by atoms with E-state index in [1.54, 1.807) is 12.1 Å². The minimum atomic E-state index is -7.35. The molecule has 1 aromatic rings. The van der Waals surface area contributed by atoms with Gasteiger partial charge in [-0.05, 0) is 37.1 Å². The van der Waals surface area contributed by atoms with Gasteiger partial charge in [-0.1, -0.05) is 44.9 Å². The molecule has 0 heterocycles. The first-order valence-electron chi connectivity index (χ1n) is 12.5. The third-order valence-electron chi connectivity index (χ3n) is 6.03. The van der Waals surface area contributed by atoms with Gasteiger partial charge in [0.2, 0.25) is 10.0 Å². The smallest absolute Gasteiger partial charge is 0.385 e. The van der Waals surface area contributed by atoms with E-state index in [1.165, 1.54) is 12.1 Å². The number of benzene rings is 1. The summed E-state index contributed by atoms with van der Waals surface area (Å²) in [5.74, 6) is -28.2. The highest BCUT2D eigenvalue weighted by Crippen LogP contribution is 2.58. The van der Waals surface area contributed by atoms with Crippen LogP contribution in [0.5, 0.6) is 0 Å². The van der Waals surface area contributed by atoms with Crippen molar-refractivity contribution in [2.75, 3.05) is 18.1 Å². The normalized spacial score (nSPS) is 13.8. The van der Waals surface area contributed by atoms with Gasteiger partial charge in [0, 0.05) is 24.2 Å². The second-order valence-corrected chi connectivity index (χ2v) is 11.3. The largest absolute Gasteiger partial charge is 0.460 e. The molecule has 41 heavy (non-hydrogen) atoms. The van der Waals surface area contributed by atoms with E-state index in [1.807, 2.05) is 4.72 Å². The van der Waals surface area contributed by atoms with Crippen LogP contribution in [0.4, 0.5) is 54.0 Å². The van der Waals surface area contributed by atoms with Crippen LogP contribution in [0, 0.1) is 0 Å². The standard InChI is InChI=1S/C24H31F11N2O3S/c1-41(39,40)37-19(38)17-11-13-18(14-12-17)36-16-10-8-6-4-2-3-5-7-9-15-20(25,26)21(27,28)22(29,30)23(31,32)24(33,34)35/h11-14,36H,2-10,15-16H2,1H3,(H,37,38). The molecule has 0 radical (unpaired) electrons. The molecule has 5 nitrogen and oxygen atoms in total. The van der Waals surface area contributed by atoms with Gasteiger partial charge in [-0.25, -0.2) is 13.1 Å². The van der Waals surface area contributed by atoms with E-state index in [2.05, 4.69) is 5.32 Å². The highest BCUT2D eigenvalue weighted by Gasteiger charge is 2.86. The minimum absolute atomic E-state index is 0.133. The van der Waals surface area contributed by atoms with E-state index in [-0.39, 0.29) is 18.4 Å².